The molecule has 0 amide bonds. The van der Waals surface area contributed by atoms with Gasteiger partial charge in [-0.3, -0.25) is 0 Å². The number of nitrogens with zero attached hydrogens (tertiary/aromatic N) is 3. The van der Waals surface area contributed by atoms with Crippen molar-refractivity contribution < 1.29 is 0 Å². The first kappa shape index (κ1) is 11.6. The summed E-state index contributed by atoms with van der Waals surface area (Å²) >= 11 is 0. The van der Waals surface area contributed by atoms with Gasteiger partial charge in [-0.2, -0.15) is 0 Å². The van der Waals surface area contributed by atoms with E-state index in [9.17, 15) is 0 Å². The van der Waals surface area contributed by atoms with Crippen LogP contribution in [0.3, 0.4) is 0 Å². The molecule has 1 N–H and O–H groups in total. The van der Waals surface area contributed by atoms with Crippen LogP contribution in [0.15, 0.2) is 6.33 Å². The van der Waals surface area contributed by atoms with Crippen molar-refractivity contribution in [2.24, 2.45) is 5.92 Å². The van der Waals surface area contributed by atoms with Crippen LogP contribution in [-0.2, 0) is 13.0 Å². The fraction of sp³-hybridized carbons (Fsp3) is 0.833. The van der Waals surface area contributed by atoms with Gasteiger partial charge in [-0.15, -0.1) is 10.2 Å². The molecular weight excluding hydrogens is 200 g/mol. The second kappa shape index (κ2) is 5.99. The lowest BCUT2D eigenvalue weighted by molar-refractivity contribution is 0.473. The number of hydrogen-bond acceptors (Lipinski definition) is 3. The summed E-state index contributed by atoms with van der Waals surface area (Å²) in [6.45, 7) is 5.32. The molecule has 1 heterocycles. The molecule has 0 aliphatic heterocycles. The largest absolute Gasteiger partial charge is 0.316 e. The maximum absolute atomic E-state index is 4.08. The summed E-state index contributed by atoms with van der Waals surface area (Å²) in [6, 6.07) is 0. The van der Waals surface area contributed by atoms with Crippen LogP contribution >= 0.6 is 0 Å². The Morgan fingerprint density at radius 3 is 3.00 bits per heavy atom. The fourth-order valence-corrected chi connectivity index (χ4v) is 2.46. The predicted molar refractivity (Wildman–Crippen MR) is 64.2 cm³/mol. The first-order valence-electron chi connectivity index (χ1n) is 6.47. The van der Waals surface area contributed by atoms with Crippen molar-refractivity contribution in [3.63, 3.8) is 0 Å². The molecule has 4 nitrogen and oxygen atoms in total. The van der Waals surface area contributed by atoms with Gasteiger partial charge in [0.1, 0.15) is 12.2 Å². The molecule has 1 saturated carbocycles. The van der Waals surface area contributed by atoms with Crippen LogP contribution in [0.25, 0.3) is 0 Å². The molecule has 0 saturated heterocycles. The Morgan fingerprint density at radius 1 is 1.44 bits per heavy atom. The summed E-state index contributed by atoms with van der Waals surface area (Å²) in [7, 11) is 0. The van der Waals surface area contributed by atoms with Crippen LogP contribution in [-0.4, -0.2) is 27.9 Å². The van der Waals surface area contributed by atoms with Gasteiger partial charge in [-0.05, 0) is 25.3 Å². The molecule has 0 unspecified atom stereocenters. The average molecular weight is 222 g/mol. The lowest BCUT2D eigenvalue weighted by Crippen LogP contribution is -2.25. The summed E-state index contributed by atoms with van der Waals surface area (Å²) < 4.78 is 2.14. The van der Waals surface area contributed by atoms with E-state index in [1.807, 2.05) is 6.33 Å². The van der Waals surface area contributed by atoms with Gasteiger partial charge >= 0.3 is 0 Å². The normalized spacial score (nSPS) is 17.1. The summed E-state index contributed by atoms with van der Waals surface area (Å²) in [5, 5.41) is 11.6. The van der Waals surface area contributed by atoms with E-state index < -0.39 is 0 Å². The Balaban J connectivity index is 1.64. The first-order chi connectivity index (χ1) is 7.90. The lowest BCUT2D eigenvalue weighted by atomic mass is 10.1. The van der Waals surface area contributed by atoms with Gasteiger partial charge in [-0.1, -0.05) is 19.8 Å². The van der Waals surface area contributed by atoms with E-state index in [4.69, 9.17) is 0 Å². The minimum absolute atomic E-state index is 0.923. The smallest absolute Gasteiger partial charge is 0.132 e. The van der Waals surface area contributed by atoms with E-state index in [2.05, 4.69) is 27.0 Å². The summed E-state index contributed by atoms with van der Waals surface area (Å²) in [5.74, 6) is 2.01. The van der Waals surface area contributed by atoms with Crippen LogP contribution in [0.2, 0.25) is 0 Å². The van der Waals surface area contributed by atoms with Crippen molar-refractivity contribution in [3.05, 3.63) is 12.2 Å². The zero-order valence-corrected chi connectivity index (χ0v) is 10.2. The van der Waals surface area contributed by atoms with Crippen molar-refractivity contribution in [2.45, 2.75) is 45.6 Å². The Kier molecular flexibility index (Phi) is 4.34. The van der Waals surface area contributed by atoms with Gasteiger partial charge in [0.2, 0.25) is 0 Å². The van der Waals surface area contributed by atoms with Gasteiger partial charge in [-0.25, -0.2) is 0 Å². The van der Waals surface area contributed by atoms with Crippen LogP contribution < -0.4 is 5.32 Å². The SMILES string of the molecule is CCc1nncn1CCNCC1CCCC1. The fourth-order valence-electron chi connectivity index (χ4n) is 2.46. The standard InChI is InChI=1S/C12H22N4/c1-2-12-15-14-10-16(12)8-7-13-9-11-5-3-4-6-11/h10-11,13H,2-9H2,1H3. The number of aryl methyl sites for hydroxylation is 1. The zero-order chi connectivity index (χ0) is 11.2. The van der Waals surface area contributed by atoms with Crippen LogP contribution in [0, 0.1) is 5.92 Å². The second-order valence-electron chi connectivity index (χ2n) is 4.65. The molecule has 0 spiro atoms. The molecule has 0 atom stereocenters. The monoisotopic (exact) mass is 222 g/mol. The molecule has 1 aromatic heterocycles. The van der Waals surface area contributed by atoms with E-state index in [1.54, 1.807) is 0 Å². The molecule has 1 aliphatic carbocycles. The van der Waals surface area contributed by atoms with Crippen molar-refractivity contribution in [3.8, 4) is 0 Å². The Morgan fingerprint density at radius 2 is 2.25 bits per heavy atom. The predicted octanol–water partition coefficient (Wildman–Crippen LogP) is 1.62. The summed E-state index contributed by atoms with van der Waals surface area (Å²) in [6.07, 6.45) is 8.48. The third kappa shape index (κ3) is 3.04. The lowest BCUT2D eigenvalue weighted by Gasteiger charge is -2.11. The van der Waals surface area contributed by atoms with Gasteiger partial charge in [0, 0.05) is 19.5 Å². The molecule has 16 heavy (non-hydrogen) atoms. The topological polar surface area (TPSA) is 42.7 Å². The summed E-state index contributed by atoms with van der Waals surface area (Å²) in [4.78, 5) is 0. The van der Waals surface area contributed by atoms with Crippen molar-refractivity contribution in [1.29, 1.82) is 0 Å². The minimum atomic E-state index is 0.923. The summed E-state index contributed by atoms with van der Waals surface area (Å²) in [5.41, 5.74) is 0. The van der Waals surface area contributed by atoms with Gasteiger partial charge in [0.25, 0.3) is 0 Å². The average Bonchev–Trinajstić information content (AvgIpc) is 2.95. The van der Waals surface area contributed by atoms with Crippen molar-refractivity contribution >= 4 is 0 Å². The molecule has 0 aromatic carbocycles. The third-order valence-electron chi connectivity index (χ3n) is 3.45. The van der Waals surface area contributed by atoms with Crippen LogP contribution in [0.4, 0.5) is 0 Å². The third-order valence-corrected chi connectivity index (χ3v) is 3.45. The van der Waals surface area contributed by atoms with Crippen molar-refractivity contribution in [2.75, 3.05) is 13.1 Å². The van der Waals surface area contributed by atoms with Crippen LogP contribution in [0.5, 0.6) is 0 Å². The molecule has 2 rings (SSSR count). The van der Waals surface area contributed by atoms with Gasteiger partial charge in [0.05, 0.1) is 0 Å². The van der Waals surface area contributed by atoms with E-state index in [1.165, 1.54) is 32.2 Å². The minimum Gasteiger partial charge on any atom is -0.316 e. The molecular formula is C12H22N4. The quantitative estimate of drug-likeness (QED) is 0.744. The van der Waals surface area contributed by atoms with E-state index in [0.29, 0.717) is 0 Å². The van der Waals surface area contributed by atoms with Gasteiger partial charge < -0.3 is 9.88 Å². The Hall–Kier alpha value is -0.900. The Bertz CT molecular complexity index is 302. The highest BCUT2D eigenvalue weighted by Gasteiger charge is 2.13. The van der Waals surface area contributed by atoms with Crippen LogP contribution in [0.1, 0.15) is 38.4 Å². The molecule has 1 fully saturated rings. The molecule has 1 aromatic rings. The number of aromatic nitrogens is 3. The maximum atomic E-state index is 4.08. The first-order valence-corrected chi connectivity index (χ1v) is 6.47. The highest BCUT2D eigenvalue weighted by atomic mass is 15.3. The molecule has 0 bridgehead atoms. The molecule has 90 valence electrons. The van der Waals surface area contributed by atoms with Crippen molar-refractivity contribution in [1.82, 2.24) is 20.1 Å². The molecule has 4 heteroatoms. The number of rotatable bonds is 6. The highest BCUT2D eigenvalue weighted by molar-refractivity contribution is 4.84. The van der Waals surface area contributed by atoms with E-state index in [0.717, 1.165) is 31.3 Å². The zero-order valence-electron chi connectivity index (χ0n) is 10.2. The Labute approximate surface area is 97.5 Å². The molecule has 0 radical (unpaired) electrons. The van der Waals surface area contributed by atoms with E-state index >= 15 is 0 Å². The second-order valence-corrected chi connectivity index (χ2v) is 4.65. The van der Waals surface area contributed by atoms with Gasteiger partial charge in [0.15, 0.2) is 0 Å². The van der Waals surface area contributed by atoms with E-state index in [-0.39, 0.29) is 0 Å². The number of nitrogens with one attached hydrogen (secondary N) is 1. The highest BCUT2D eigenvalue weighted by Crippen LogP contribution is 2.23. The molecule has 1 aliphatic rings. The number of hydrogen-bond donors (Lipinski definition) is 1. The maximum Gasteiger partial charge on any atom is 0.132 e.